The summed E-state index contributed by atoms with van der Waals surface area (Å²) in [4.78, 5) is 23.7. The van der Waals surface area contributed by atoms with Gasteiger partial charge < -0.3 is 18.3 Å². The molecular weight excluding hydrogens is 446 g/mol. The van der Waals surface area contributed by atoms with E-state index in [2.05, 4.69) is 15.5 Å². The fourth-order valence-electron chi connectivity index (χ4n) is 3.06. The molecule has 4 rings (SSSR count). The van der Waals surface area contributed by atoms with Gasteiger partial charge in [-0.3, -0.25) is 5.32 Å². The van der Waals surface area contributed by atoms with Gasteiger partial charge in [-0.2, -0.15) is 0 Å². The standard InChI is InChI=1S/C23H21N3O6S/c1-3-29-22(28)24-16-7-8-18-15(10-21(27)31-19(18)11-16)13-33-23-26-25-20(32-23)12-30-17-6-4-5-14(2)9-17/h4-11H,3,12-13H2,1-2H3,(H,24,28). The van der Waals surface area contributed by atoms with Crippen LogP contribution in [0.4, 0.5) is 10.5 Å². The van der Waals surface area contributed by atoms with Crippen LogP contribution in [0.5, 0.6) is 5.75 Å². The minimum Gasteiger partial charge on any atom is -0.484 e. The number of aryl methyl sites for hydroxylation is 1. The molecule has 0 saturated heterocycles. The molecular formula is C23H21N3O6S. The highest BCUT2D eigenvalue weighted by Crippen LogP contribution is 2.27. The number of fused-ring (bicyclic) bond motifs is 1. The number of aromatic nitrogens is 2. The summed E-state index contributed by atoms with van der Waals surface area (Å²) in [5.41, 5.74) is 2.15. The molecule has 0 fully saturated rings. The molecule has 0 saturated carbocycles. The monoisotopic (exact) mass is 467 g/mol. The first-order valence-corrected chi connectivity index (χ1v) is 11.1. The van der Waals surface area contributed by atoms with Crippen LogP contribution in [0.15, 0.2) is 67.4 Å². The summed E-state index contributed by atoms with van der Waals surface area (Å²) in [5, 5.41) is 11.7. The third-order valence-electron chi connectivity index (χ3n) is 4.50. The number of anilines is 1. The summed E-state index contributed by atoms with van der Waals surface area (Å²) in [5.74, 6) is 1.49. The minimum atomic E-state index is -0.579. The Kier molecular flexibility index (Phi) is 6.94. The fraction of sp³-hybridized carbons (Fsp3) is 0.217. The zero-order chi connectivity index (χ0) is 23.2. The van der Waals surface area contributed by atoms with Gasteiger partial charge in [0.25, 0.3) is 11.1 Å². The highest BCUT2D eigenvalue weighted by Gasteiger charge is 2.12. The first-order valence-electron chi connectivity index (χ1n) is 10.2. The third-order valence-corrected chi connectivity index (χ3v) is 5.37. The van der Waals surface area contributed by atoms with Gasteiger partial charge in [-0.15, -0.1) is 10.2 Å². The molecule has 0 radical (unpaired) electrons. The quantitative estimate of drug-likeness (QED) is 0.284. The molecule has 4 aromatic rings. The van der Waals surface area contributed by atoms with E-state index < -0.39 is 11.7 Å². The summed E-state index contributed by atoms with van der Waals surface area (Å²) >= 11 is 1.30. The van der Waals surface area contributed by atoms with Crippen LogP contribution < -0.4 is 15.7 Å². The Hall–Kier alpha value is -3.79. The molecule has 0 unspecified atom stereocenters. The maximum atomic E-state index is 12.0. The van der Waals surface area contributed by atoms with Gasteiger partial charge in [0.2, 0.25) is 0 Å². The molecule has 0 aliphatic carbocycles. The van der Waals surface area contributed by atoms with Gasteiger partial charge in [-0.05, 0) is 49.2 Å². The molecule has 0 aliphatic rings. The van der Waals surface area contributed by atoms with E-state index in [0.717, 1.165) is 22.3 Å². The molecule has 10 heteroatoms. The molecule has 170 valence electrons. The molecule has 2 aromatic carbocycles. The Labute approximate surface area is 193 Å². The molecule has 33 heavy (non-hydrogen) atoms. The number of ether oxygens (including phenoxy) is 2. The van der Waals surface area contributed by atoms with Crippen LogP contribution in [-0.2, 0) is 17.1 Å². The van der Waals surface area contributed by atoms with Gasteiger partial charge in [0.05, 0.1) is 6.61 Å². The summed E-state index contributed by atoms with van der Waals surface area (Å²) < 4.78 is 21.5. The maximum Gasteiger partial charge on any atom is 0.411 e. The van der Waals surface area contributed by atoms with E-state index in [1.807, 2.05) is 31.2 Å². The average molecular weight is 468 g/mol. The zero-order valence-corrected chi connectivity index (χ0v) is 18.8. The number of hydrogen-bond donors (Lipinski definition) is 1. The topological polar surface area (TPSA) is 117 Å². The lowest BCUT2D eigenvalue weighted by molar-refractivity contribution is 0.168. The lowest BCUT2D eigenvalue weighted by Gasteiger charge is -2.08. The second-order valence-corrected chi connectivity index (χ2v) is 7.93. The van der Waals surface area contributed by atoms with Crippen LogP contribution in [0.2, 0.25) is 0 Å². The van der Waals surface area contributed by atoms with Crippen molar-refractivity contribution in [1.82, 2.24) is 10.2 Å². The Morgan fingerprint density at radius 1 is 1.12 bits per heavy atom. The van der Waals surface area contributed by atoms with Crippen LogP contribution in [0.25, 0.3) is 11.0 Å². The summed E-state index contributed by atoms with van der Waals surface area (Å²) in [7, 11) is 0. The number of hydrogen-bond acceptors (Lipinski definition) is 9. The fourth-order valence-corrected chi connectivity index (χ4v) is 3.83. The third kappa shape index (κ3) is 5.92. The van der Waals surface area contributed by atoms with Crippen molar-refractivity contribution in [3.63, 3.8) is 0 Å². The van der Waals surface area contributed by atoms with Crippen LogP contribution in [-0.4, -0.2) is 22.9 Å². The van der Waals surface area contributed by atoms with Crippen molar-refractivity contribution < 1.29 is 23.1 Å². The van der Waals surface area contributed by atoms with Gasteiger partial charge in [0.1, 0.15) is 11.3 Å². The van der Waals surface area contributed by atoms with E-state index in [9.17, 15) is 9.59 Å². The minimum absolute atomic E-state index is 0.158. The van der Waals surface area contributed by atoms with Crippen molar-refractivity contribution in [2.75, 3.05) is 11.9 Å². The average Bonchev–Trinajstić information content (AvgIpc) is 3.24. The van der Waals surface area contributed by atoms with Crippen molar-refractivity contribution in [1.29, 1.82) is 0 Å². The number of benzene rings is 2. The molecule has 0 atom stereocenters. The van der Waals surface area contributed by atoms with Gasteiger partial charge in [0, 0.05) is 29.0 Å². The molecule has 2 heterocycles. The largest absolute Gasteiger partial charge is 0.484 e. The van der Waals surface area contributed by atoms with Crippen molar-refractivity contribution in [2.24, 2.45) is 0 Å². The lowest BCUT2D eigenvalue weighted by atomic mass is 10.1. The van der Waals surface area contributed by atoms with E-state index in [1.165, 1.54) is 17.8 Å². The molecule has 0 bridgehead atoms. The first-order chi connectivity index (χ1) is 16.0. The Morgan fingerprint density at radius 2 is 2.00 bits per heavy atom. The molecule has 2 aromatic heterocycles. The summed E-state index contributed by atoms with van der Waals surface area (Å²) in [6, 6.07) is 14.2. The molecule has 1 amide bonds. The van der Waals surface area contributed by atoms with Crippen LogP contribution in [0.3, 0.4) is 0 Å². The Bertz CT molecular complexity index is 1330. The van der Waals surface area contributed by atoms with Crippen molar-refractivity contribution >= 4 is 34.5 Å². The van der Waals surface area contributed by atoms with E-state index in [4.69, 9.17) is 18.3 Å². The second-order valence-electron chi connectivity index (χ2n) is 7.00. The highest BCUT2D eigenvalue weighted by atomic mass is 32.2. The summed E-state index contributed by atoms with van der Waals surface area (Å²) in [6.07, 6.45) is -0.579. The number of nitrogens with one attached hydrogen (secondary N) is 1. The van der Waals surface area contributed by atoms with Crippen LogP contribution >= 0.6 is 11.8 Å². The normalized spacial score (nSPS) is 10.8. The molecule has 0 aliphatic heterocycles. The van der Waals surface area contributed by atoms with Gasteiger partial charge in [-0.1, -0.05) is 23.9 Å². The maximum absolute atomic E-state index is 12.0. The van der Waals surface area contributed by atoms with E-state index >= 15 is 0 Å². The lowest BCUT2D eigenvalue weighted by Crippen LogP contribution is -2.13. The van der Waals surface area contributed by atoms with Crippen molar-refractivity contribution in [2.45, 2.75) is 31.4 Å². The number of amides is 1. The van der Waals surface area contributed by atoms with Crippen molar-refractivity contribution in [3.05, 3.63) is 76.0 Å². The van der Waals surface area contributed by atoms with Gasteiger partial charge >= 0.3 is 11.7 Å². The second kappa shape index (κ2) is 10.2. The van der Waals surface area contributed by atoms with E-state index in [0.29, 0.717) is 28.1 Å². The van der Waals surface area contributed by atoms with Crippen molar-refractivity contribution in [3.8, 4) is 5.75 Å². The number of carbonyl (C=O) groups excluding carboxylic acids is 1. The number of thioether (sulfide) groups is 1. The number of carbonyl (C=O) groups is 1. The molecule has 0 spiro atoms. The van der Waals surface area contributed by atoms with Gasteiger partial charge in [0.15, 0.2) is 6.61 Å². The van der Waals surface area contributed by atoms with Crippen LogP contribution in [0.1, 0.15) is 23.9 Å². The Morgan fingerprint density at radius 3 is 2.82 bits per heavy atom. The number of nitrogens with zero attached hydrogens (tertiary/aromatic N) is 2. The SMILES string of the molecule is CCOC(=O)Nc1ccc2c(CSc3nnc(COc4cccc(C)c4)o3)cc(=O)oc2c1. The Balaban J connectivity index is 1.42. The highest BCUT2D eigenvalue weighted by molar-refractivity contribution is 7.98. The smallest absolute Gasteiger partial charge is 0.411 e. The predicted octanol–water partition coefficient (Wildman–Crippen LogP) is 4.92. The van der Waals surface area contributed by atoms with Crippen LogP contribution in [0, 0.1) is 6.92 Å². The first kappa shape index (κ1) is 22.4. The van der Waals surface area contributed by atoms with Gasteiger partial charge in [-0.25, -0.2) is 9.59 Å². The number of rotatable bonds is 8. The predicted molar refractivity (Wildman–Crippen MR) is 122 cm³/mol. The summed E-state index contributed by atoms with van der Waals surface area (Å²) in [6.45, 7) is 4.11. The van der Waals surface area contributed by atoms with E-state index in [1.54, 1.807) is 25.1 Å². The molecule has 9 nitrogen and oxygen atoms in total. The van der Waals surface area contributed by atoms with E-state index in [-0.39, 0.29) is 13.2 Å². The molecule has 1 N–H and O–H groups in total. The zero-order valence-electron chi connectivity index (χ0n) is 18.0.